The van der Waals surface area contributed by atoms with E-state index in [2.05, 4.69) is 34.6 Å². The molecule has 5 atom stereocenters. The Balaban J connectivity index is 5.20. The Bertz CT molecular complexity index is 1870. The standard InChI is InChI=1S/C79H154O17P2/c1-6-9-12-15-18-21-23-25-26-27-28-29-30-31-36-40-45-50-55-60-65-79(84)96-75(69-90-77(82)63-58-53-48-43-39-35-33-32-34-37-42-46-51-56-61-72(4)5)71-94-98(87,88)92-67-73(80)66-91-97(85,86)93-70-74(68-89-76(81)62-57-52-47-41-20-17-14-11-8-3)95-78(83)64-59-54-49-44-38-24-22-19-16-13-10-7-2/h72-75,80H,6-71H2,1-5H3,(H,85,86)(H,87,88)/t73-,74+,75+/m0/s1. The zero-order chi connectivity index (χ0) is 71.9. The third kappa shape index (κ3) is 72.4. The van der Waals surface area contributed by atoms with Crippen molar-refractivity contribution >= 4 is 39.5 Å². The summed E-state index contributed by atoms with van der Waals surface area (Å²) in [7, 11) is -9.91. The summed E-state index contributed by atoms with van der Waals surface area (Å²) in [6, 6.07) is 0. The topological polar surface area (TPSA) is 237 Å². The van der Waals surface area contributed by atoms with Crippen molar-refractivity contribution in [2.75, 3.05) is 39.6 Å². The summed E-state index contributed by atoms with van der Waals surface area (Å²) in [5, 5.41) is 10.6. The zero-order valence-electron chi connectivity index (χ0n) is 63.9. The van der Waals surface area contributed by atoms with Crippen molar-refractivity contribution in [1.82, 2.24) is 0 Å². The third-order valence-corrected chi connectivity index (χ3v) is 20.4. The van der Waals surface area contributed by atoms with Gasteiger partial charge in [-0.15, -0.1) is 0 Å². The SMILES string of the molecule is CCCCCCCCCCCCCCCCCCCCCCC(=O)O[C@H](COC(=O)CCCCCCCCCCCCCCCCC(C)C)COP(=O)(O)OC[C@@H](O)COP(=O)(O)OC[C@@H](COC(=O)CCCCCCCCCCC)OC(=O)CCCCCCCCCCCCCC. The molecular weight excluding hydrogens is 1280 g/mol. The van der Waals surface area contributed by atoms with Crippen molar-refractivity contribution in [3.05, 3.63) is 0 Å². The lowest BCUT2D eigenvalue weighted by molar-refractivity contribution is -0.161. The van der Waals surface area contributed by atoms with Gasteiger partial charge in [-0.05, 0) is 31.6 Å². The lowest BCUT2D eigenvalue weighted by Gasteiger charge is -2.21. The van der Waals surface area contributed by atoms with Crippen molar-refractivity contribution in [3.8, 4) is 0 Å². The molecule has 0 heterocycles. The molecule has 0 saturated carbocycles. The summed E-state index contributed by atoms with van der Waals surface area (Å²) in [5.74, 6) is -1.31. The van der Waals surface area contributed by atoms with Crippen molar-refractivity contribution < 1.29 is 80.2 Å². The maximum Gasteiger partial charge on any atom is 0.472 e. The van der Waals surface area contributed by atoms with Crippen LogP contribution in [0.3, 0.4) is 0 Å². The van der Waals surface area contributed by atoms with Gasteiger partial charge in [-0.3, -0.25) is 37.3 Å². The summed E-state index contributed by atoms with van der Waals surface area (Å²) in [6.07, 6.45) is 62.4. The fourth-order valence-electron chi connectivity index (χ4n) is 12.2. The molecule has 0 saturated heterocycles. The van der Waals surface area contributed by atoms with Crippen LogP contribution in [0.2, 0.25) is 0 Å². The van der Waals surface area contributed by atoms with E-state index in [0.29, 0.717) is 25.7 Å². The molecule has 0 aliphatic carbocycles. The minimum Gasteiger partial charge on any atom is -0.462 e. The van der Waals surface area contributed by atoms with Crippen molar-refractivity contribution in [2.45, 2.75) is 438 Å². The molecule has 0 aromatic rings. The number of unbranched alkanes of at least 4 members (excludes halogenated alkanes) is 51. The van der Waals surface area contributed by atoms with Crippen LogP contribution in [0.1, 0.15) is 420 Å². The maximum absolute atomic E-state index is 13.1. The van der Waals surface area contributed by atoms with Gasteiger partial charge in [0.1, 0.15) is 19.3 Å². The molecule has 0 radical (unpaired) electrons. The Morgan fingerprint density at radius 2 is 0.469 bits per heavy atom. The molecule has 2 unspecified atom stereocenters. The highest BCUT2D eigenvalue weighted by atomic mass is 31.2. The predicted octanol–water partition coefficient (Wildman–Crippen LogP) is 23.6. The van der Waals surface area contributed by atoms with E-state index in [1.165, 1.54) is 244 Å². The number of carbonyl (C=O) groups excluding carboxylic acids is 4. The number of hydrogen-bond donors (Lipinski definition) is 3. The van der Waals surface area contributed by atoms with Gasteiger partial charge in [0.25, 0.3) is 0 Å². The molecule has 0 aliphatic rings. The molecule has 0 amide bonds. The van der Waals surface area contributed by atoms with Gasteiger partial charge in [0.15, 0.2) is 12.2 Å². The summed E-state index contributed by atoms with van der Waals surface area (Å²) < 4.78 is 68.6. The number of aliphatic hydroxyl groups excluding tert-OH is 1. The van der Waals surface area contributed by atoms with E-state index in [1.54, 1.807) is 0 Å². The maximum atomic E-state index is 13.1. The fraction of sp³-hybridized carbons (Fsp3) is 0.949. The highest BCUT2D eigenvalue weighted by Gasteiger charge is 2.30. The smallest absolute Gasteiger partial charge is 0.462 e. The Morgan fingerprint density at radius 3 is 0.694 bits per heavy atom. The molecule has 0 aliphatic heterocycles. The molecule has 19 heteroatoms. The van der Waals surface area contributed by atoms with E-state index in [4.69, 9.17) is 37.0 Å². The van der Waals surface area contributed by atoms with E-state index in [1.807, 2.05) is 0 Å². The lowest BCUT2D eigenvalue weighted by Crippen LogP contribution is -2.30. The highest BCUT2D eigenvalue weighted by molar-refractivity contribution is 7.47. The molecule has 582 valence electrons. The Morgan fingerprint density at radius 1 is 0.276 bits per heavy atom. The number of ether oxygens (including phenoxy) is 4. The first-order valence-corrected chi connectivity index (χ1v) is 44.1. The number of aliphatic hydroxyl groups is 1. The van der Waals surface area contributed by atoms with E-state index in [-0.39, 0.29) is 25.7 Å². The summed E-state index contributed by atoms with van der Waals surface area (Å²) in [4.78, 5) is 72.9. The van der Waals surface area contributed by atoms with Crippen LogP contribution in [0.25, 0.3) is 0 Å². The second kappa shape index (κ2) is 72.0. The first kappa shape index (κ1) is 96.1. The Kier molecular flexibility index (Phi) is 70.6. The highest BCUT2D eigenvalue weighted by Crippen LogP contribution is 2.45. The van der Waals surface area contributed by atoms with E-state index < -0.39 is 97.5 Å². The molecule has 0 bridgehead atoms. The third-order valence-electron chi connectivity index (χ3n) is 18.5. The van der Waals surface area contributed by atoms with Crippen molar-refractivity contribution in [2.24, 2.45) is 5.92 Å². The average Bonchev–Trinajstić information content (AvgIpc) is 0.979. The quantitative estimate of drug-likeness (QED) is 0.0222. The molecule has 17 nitrogen and oxygen atoms in total. The first-order chi connectivity index (χ1) is 47.5. The van der Waals surface area contributed by atoms with Gasteiger partial charge in [0.05, 0.1) is 26.4 Å². The lowest BCUT2D eigenvalue weighted by atomic mass is 10.0. The molecule has 0 fully saturated rings. The monoisotopic (exact) mass is 1440 g/mol. The van der Waals surface area contributed by atoms with Crippen LogP contribution >= 0.6 is 15.6 Å². The molecule has 0 rings (SSSR count). The van der Waals surface area contributed by atoms with Gasteiger partial charge in [-0.25, -0.2) is 9.13 Å². The predicted molar refractivity (Wildman–Crippen MR) is 400 cm³/mol. The first-order valence-electron chi connectivity index (χ1n) is 41.1. The molecule has 0 spiro atoms. The second-order valence-corrected chi connectivity index (χ2v) is 31.8. The number of rotatable bonds is 79. The van der Waals surface area contributed by atoms with Crippen LogP contribution in [-0.4, -0.2) is 96.7 Å². The molecule has 98 heavy (non-hydrogen) atoms. The second-order valence-electron chi connectivity index (χ2n) is 28.9. The van der Waals surface area contributed by atoms with E-state index in [0.717, 1.165) is 95.8 Å². The van der Waals surface area contributed by atoms with Gasteiger partial charge in [0, 0.05) is 25.7 Å². The fourth-order valence-corrected chi connectivity index (χ4v) is 13.8. The minimum atomic E-state index is -4.96. The van der Waals surface area contributed by atoms with Gasteiger partial charge in [0.2, 0.25) is 0 Å². The van der Waals surface area contributed by atoms with Gasteiger partial charge >= 0.3 is 39.5 Å². The van der Waals surface area contributed by atoms with Crippen LogP contribution in [0.5, 0.6) is 0 Å². The van der Waals surface area contributed by atoms with Crippen LogP contribution < -0.4 is 0 Å². The number of esters is 4. The Hall–Kier alpha value is -1.94. The van der Waals surface area contributed by atoms with E-state index in [9.17, 15) is 43.2 Å². The van der Waals surface area contributed by atoms with Gasteiger partial charge in [-0.1, -0.05) is 369 Å². The number of phosphoric acid groups is 2. The summed E-state index contributed by atoms with van der Waals surface area (Å²) >= 11 is 0. The van der Waals surface area contributed by atoms with Crippen LogP contribution in [0.15, 0.2) is 0 Å². The molecular formula is C79H154O17P2. The van der Waals surface area contributed by atoms with E-state index >= 15 is 0 Å². The normalized spacial score (nSPS) is 13.9. The minimum absolute atomic E-state index is 0.108. The number of carbonyl (C=O) groups is 4. The molecule has 0 aromatic carbocycles. The van der Waals surface area contributed by atoms with Crippen molar-refractivity contribution in [1.29, 1.82) is 0 Å². The van der Waals surface area contributed by atoms with Crippen LogP contribution in [-0.2, 0) is 65.4 Å². The van der Waals surface area contributed by atoms with Gasteiger partial charge < -0.3 is 33.8 Å². The summed E-state index contributed by atoms with van der Waals surface area (Å²) in [6.45, 7) is 7.32. The number of hydrogen-bond acceptors (Lipinski definition) is 15. The summed E-state index contributed by atoms with van der Waals surface area (Å²) in [5.41, 5.74) is 0. The Labute approximate surface area is 600 Å². The molecule has 0 aromatic heterocycles. The molecule has 3 N–H and O–H groups in total. The number of phosphoric ester groups is 2. The van der Waals surface area contributed by atoms with Gasteiger partial charge in [-0.2, -0.15) is 0 Å². The average molecular weight is 1440 g/mol. The largest absolute Gasteiger partial charge is 0.472 e. The van der Waals surface area contributed by atoms with Crippen LogP contribution in [0, 0.1) is 5.92 Å². The van der Waals surface area contributed by atoms with Crippen molar-refractivity contribution in [3.63, 3.8) is 0 Å². The zero-order valence-corrected chi connectivity index (χ0v) is 65.7. The van der Waals surface area contributed by atoms with Crippen LogP contribution in [0.4, 0.5) is 0 Å².